The first kappa shape index (κ1) is 11.6. The van der Waals surface area contributed by atoms with E-state index in [0.29, 0.717) is 5.57 Å². The van der Waals surface area contributed by atoms with Crippen molar-refractivity contribution in [3.63, 3.8) is 0 Å². The van der Waals surface area contributed by atoms with Crippen LogP contribution >= 0.6 is 0 Å². The highest BCUT2D eigenvalue weighted by Gasteiger charge is 2.19. The molecule has 0 spiro atoms. The average Bonchev–Trinajstić information content (AvgIpc) is 2.02. The second kappa shape index (κ2) is 4.61. The molecule has 13 heavy (non-hydrogen) atoms. The molecule has 0 unspecified atom stereocenters. The Hall–Kier alpha value is -1.36. The second-order valence-corrected chi connectivity index (χ2v) is 2.89. The Bertz CT molecular complexity index is 238. The molecule has 0 heterocycles. The third kappa shape index (κ3) is 3.71. The molecule has 0 saturated heterocycles. The Labute approximate surface area is 76.6 Å². The summed E-state index contributed by atoms with van der Waals surface area (Å²) in [6.07, 6.45) is 0. The SMILES string of the molecule is C=C(C)[C@H](N)C(=O)N[C@@H](C)C(=O)O. The van der Waals surface area contributed by atoms with Gasteiger partial charge in [0.25, 0.3) is 0 Å². The molecule has 1 amide bonds. The van der Waals surface area contributed by atoms with Gasteiger partial charge in [-0.15, -0.1) is 0 Å². The van der Waals surface area contributed by atoms with Gasteiger partial charge in [-0.3, -0.25) is 9.59 Å². The van der Waals surface area contributed by atoms with Crippen LogP contribution in [0.1, 0.15) is 13.8 Å². The molecule has 0 aliphatic heterocycles. The van der Waals surface area contributed by atoms with E-state index in [9.17, 15) is 9.59 Å². The largest absolute Gasteiger partial charge is 0.480 e. The number of carboxylic acids is 1. The molecule has 0 saturated carbocycles. The molecule has 0 aliphatic carbocycles. The summed E-state index contributed by atoms with van der Waals surface area (Å²) in [5.74, 6) is -1.62. The third-order valence-corrected chi connectivity index (χ3v) is 1.54. The molecule has 0 aromatic rings. The van der Waals surface area contributed by atoms with E-state index in [1.807, 2.05) is 0 Å². The number of aliphatic carboxylic acids is 1. The lowest BCUT2D eigenvalue weighted by Crippen LogP contribution is -2.47. The van der Waals surface area contributed by atoms with E-state index < -0.39 is 24.0 Å². The van der Waals surface area contributed by atoms with Crippen LogP contribution in [0.3, 0.4) is 0 Å². The van der Waals surface area contributed by atoms with E-state index in [0.717, 1.165) is 0 Å². The van der Waals surface area contributed by atoms with Crippen LogP contribution in [0.15, 0.2) is 12.2 Å². The summed E-state index contributed by atoms with van der Waals surface area (Å²) in [7, 11) is 0. The van der Waals surface area contributed by atoms with Crippen LogP contribution in [0.25, 0.3) is 0 Å². The van der Waals surface area contributed by atoms with E-state index in [2.05, 4.69) is 11.9 Å². The Balaban J connectivity index is 4.15. The second-order valence-electron chi connectivity index (χ2n) is 2.89. The molecule has 0 fully saturated rings. The fourth-order valence-corrected chi connectivity index (χ4v) is 0.589. The van der Waals surface area contributed by atoms with Gasteiger partial charge >= 0.3 is 5.97 Å². The topological polar surface area (TPSA) is 92.4 Å². The summed E-state index contributed by atoms with van der Waals surface area (Å²) < 4.78 is 0. The van der Waals surface area contributed by atoms with Gasteiger partial charge in [-0.25, -0.2) is 0 Å². The molecule has 74 valence electrons. The molecule has 0 aromatic heterocycles. The van der Waals surface area contributed by atoms with Crippen molar-refractivity contribution >= 4 is 11.9 Å². The highest BCUT2D eigenvalue weighted by molar-refractivity contribution is 5.88. The number of carboxylic acid groups (broad SMARTS) is 1. The number of carbonyl (C=O) groups excluding carboxylic acids is 1. The minimum Gasteiger partial charge on any atom is -0.480 e. The van der Waals surface area contributed by atoms with Gasteiger partial charge in [0.2, 0.25) is 5.91 Å². The van der Waals surface area contributed by atoms with Crippen molar-refractivity contribution in [3.05, 3.63) is 12.2 Å². The lowest BCUT2D eigenvalue weighted by molar-refractivity contribution is -0.141. The molecular weight excluding hydrogens is 172 g/mol. The van der Waals surface area contributed by atoms with Gasteiger partial charge in [-0.1, -0.05) is 12.2 Å². The zero-order valence-electron chi connectivity index (χ0n) is 7.70. The summed E-state index contributed by atoms with van der Waals surface area (Å²) in [5.41, 5.74) is 5.90. The molecule has 0 radical (unpaired) electrons. The van der Waals surface area contributed by atoms with Crippen LogP contribution < -0.4 is 11.1 Å². The molecule has 2 atom stereocenters. The Kier molecular flexibility index (Phi) is 4.13. The number of hydrogen-bond acceptors (Lipinski definition) is 3. The summed E-state index contributed by atoms with van der Waals surface area (Å²) in [6.45, 7) is 6.47. The zero-order chi connectivity index (χ0) is 10.6. The lowest BCUT2D eigenvalue weighted by Gasteiger charge is -2.14. The fourth-order valence-electron chi connectivity index (χ4n) is 0.589. The van der Waals surface area contributed by atoms with E-state index in [1.54, 1.807) is 6.92 Å². The number of nitrogens with two attached hydrogens (primary N) is 1. The van der Waals surface area contributed by atoms with Gasteiger partial charge in [0, 0.05) is 0 Å². The maximum absolute atomic E-state index is 11.1. The predicted molar refractivity (Wildman–Crippen MR) is 48.0 cm³/mol. The smallest absolute Gasteiger partial charge is 0.325 e. The zero-order valence-corrected chi connectivity index (χ0v) is 7.70. The van der Waals surface area contributed by atoms with Crippen LogP contribution in [0.4, 0.5) is 0 Å². The summed E-state index contributed by atoms with van der Waals surface area (Å²) in [4.78, 5) is 21.5. The van der Waals surface area contributed by atoms with E-state index >= 15 is 0 Å². The fraction of sp³-hybridized carbons (Fsp3) is 0.500. The molecule has 5 nitrogen and oxygen atoms in total. The van der Waals surface area contributed by atoms with Crippen LogP contribution in [0.2, 0.25) is 0 Å². The first-order chi connectivity index (χ1) is 5.86. The van der Waals surface area contributed by atoms with Crippen LogP contribution in [-0.4, -0.2) is 29.1 Å². The molecule has 0 aliphatic rings. The van der Waals surface area contributed by atoms with Crippen molar-refractivity contribution in [3.8, 4) is 0 Å². The molecule has 0 rings (SSSR count). The van der Waals surface area contributed by atoms with Crippen LogP contribution in [0.5, 0.6) is 0 Å². The average molecular weight is 186 g/mol. The quantitative estimate of drug-likeness (QED) is 0.515. The highest BCUT2D eigenvalue weighted by atomic mass is 16.4. The minimum absolute atomic E-state index is 0.495. The highest BCUT2D eigenvalue weighted by Crippen LogP contribution is 1.94. The molecule has 0 aromatic carbocycles. The Morgan fingerprint density at radius 3 is 2.31 bits per heavy atom. The van der Waals surface area contributed by atoms with E-state index in [-0.39, 0.29) is 0 Å². The van der Waals surface area contributed by atoms with Crippen LogP contribution in [0, 0.1) is 0 Å². The van der Waals surface area contributed by atoms with Gasteiger partial charge in [0.1, 0.15) is 12.1 Å². The number of nitrogens with one attached hydrogen (secondary N) is 1. The molecular formula is C8H14N2O3. The van der Waals surface area contributed by atoms with Crippen molar-refractivity contribution in [1.29, 1.82) is 0 Å². The van der Waals surface area contributed by atoms with Gasteiger partial charge in [-0.2, -0.15) is 0 Å². The van der Waals surface area contributed by atoms with Crippen molar-refractivity contribution < 1.29 is 14.7 Å². The number of carbonyl (C=O) groups is 2. The first-order valence-corrected chi connectivity index (χ1v) is 3.80. The standard InChI is InChI=1S/C8H14N2O3/c1-4(2)6(9)7(11)10-5(3)8(12)13/h5-6H,1,9H2,2-3H3,(H,10,11)(H,12,13)/t5-,6-/m0/s1. The van der Waals surface area contributed by atoms with Gasteiger partial charge in [0.05, 0.1) is 0 Å². The molecule has 5 heteroatoms. The number of hydrogen-bond donors (Lipinski definition) is 3. The summed E-state index contributed by atoms with van der Waals surface area (Å²) >= 11 is 0. The van der Waals surface area contributed by atoms with Gasteiger partial charge in [0.15, 0.2) is 0 Å². The number of rotatable bonds is 4. The van der Waals surface area contributed by atoms with E-state index in [4.69, 9.17) is 10.8 Å². The maximum Gasteiger partial charge on any atom is 0.325 e. The first-order valence-electron chi connectivity index (χ1n) is 3.80. The third-order valence-electron chi connectivity index (χ3n) is 1.54. The van der Waals surface area contributed by atoms with Crippen molar-refractivity contribution in [1.82, 2.24) is 5.32 Å². The lowest BCUT2D eigenvalue weighted by atomic mass is 10.1. The summed E-state index contributed by atoms with van der Waals surface area (Å²) in [6, 6.07) is -1.78. The number of amides is 1. The summed E-state index contributed by atoms with van der Waals surface area (Å²) in [5, 5.41) is 10.7. The Morgan fingerprint density at radius 1 is 1.54 bits per heavy atom. The normalized spacial score (nSPS) is 14.4. The monoisotopic (exact) mass is 186 g/mol. The van der Waals surface area contributed by atoms with Crippen molar-refractivity contribution in [2.45, 2.75) is 25.9 Å². The predicted octanol–water partition coefficient (Wildman–Crippen LogP) is -0.521. The maximum atomic E-state index is 11.1. The van der Waals surface area contributed by atoms with Crippen LogP contribution in [-0.2, 0) is 9.59 Å². The molecule has 4 N–H and O–H groups in total. The van der Waals surface area contributed by atoms with Gasteiger partial charge in [-0.05, 0) is 13.8 Å². The van der Waals surface area contributed by atoms with Gasteiger partial charge < -0.3 is 16.2 Å². The Morgan fingerprint density at radius 2 is 2.00 bits per heavy atom. The van der Waals surface area contributed by atoms with Crippen molar-refractivity contribution in [2.75, 3.05) is 0 Å². The molecule has 0 bridgehead atoms. The van der Waals surface area contributed by atoms with Crippen molar-refractivity contribution in [2.24, 2.45) is 5.73 Å². The minimum atomic E-state index is -1.10. The van der Waals surface area contributed by atoms with E-state index in [1.165, 1.54) is 6.92 Å².